The molecule has 0 saturated heterocycles. The minimum absolute atomic E-state index is 0.532. The largest absolute Gasteiger partial charge is 0.493 e. The summed E-state index contributed by atoms with van der Waals surface area (Å²) in [6.45, 7) is 4.73. The Labute approximate surface area is 121 Å². The summed E-state index contributed by atoms with van der Waals surface area (Å²) in [6.07, 6.45) is 1.08. The molecule has 0 aliphatic rings. The molecule has 0 heterocycles. The first-order valence-corrected chi connectivity index (χ1v) is 7.02. The Balaban J connectivity index is 1.97. The van der Waals surface area contributed by atoms with E-state index in [1.54, 1.807) is 14.2 Å². The van der Waals surface area contributed by atoms with Crippen molar-refractivity contribution in [3.05, 3.63) is 24.3 Å². The molecule has 20 heavy (non-hydrogen) atoms. The van der Waals surface area contributed by atoms with Gasteiger partial charge in [-0.2, -0.15) is 0 Å². The van der Waals surface area contributed by atoms with Crippen LogP contribution in [0.25, 0.3) is 0 Å². The van der Waals surface area contributed by atoms with Crippen molar-refractivity contribution in [1.29, 1.82) is 0 Å². The predicted molar refractivity (Wildman–Crippen MR) is 77.5 cm³/mol. The fourth-order valence-corrected chi connectivity index (χ4v) is 1.73. The molecule has 1 aromatic rings. The molecule has 1 aromatic carbocycles. The van der Waals surface area contributed by atoms with Crippen LogP contribution in [0, 0.1) is 0 Å². The summed E-state index contributed by atoms with van der Waals surface area (Å²) in [4.78, 5) is 0. The maximum Gasteiger partial charge on any atom is 0.161 e. The molecule has 0 bridgehead atoms. The fraction of sp³-hybridized carbons (Fsp3) is 0.600. The number of hydrogen-bond acceptors (Lipinski definition) is 4. The molecule has 114 valence electrons. The summed E-state index contributed by atoms with van der Waals surface area (Å²) in [7, 11) is 3.36. The van der Waals surface area contributed by atoms with Crippen molar-refractivity contribution in [3.8, 4) is 11.5 Å². The van der Waals surface area contributed by atoms with Gasteiger partial charge in [-0.05, 0) is 12.1 Å². The first-order chi connectivity index (χ1) is 9.88. The molecule has 1 rings (SSSR count). The van der Waals surface area contributed by atoms with Crippen LogP contribution in [-0.4, -0.2) is 53.7 Å². The molecular weight excluding hydrogens is 258 g/mol. The molecule has 0 saturated carbocycles. The van der Waals surface area contributed by atoms with Gasteiger partial charge in [-0.3, -0.25) is 0 Å². The minimum atomic E-state index is 0.532. The van der Waals surface area contributed by atoms with Gasteiger partial charge in [0.25, 0.3) is 0 Å². The van der Waals surface area contributed by atoms with Crippen LogP contribution in [-0.2, 0) is 9.47 Å². The van der Waals surface area contributed by atoms with Crippen LogP contribution in [0.1, 0.15) is 6.42 Å². The third-order valence-electron chi connectivity index (χ3n) is 2.78. The molecule has 0 aromatic heterocycles. The summed E-state index contributed by atoms with van der Waals surface area (Å²) in [6, 6.07) is 7.61. The number of quaternary nitrogens is 1. The van der Waals surface area contributed by atoms with E-state index >= 15 is 0 Å². The standard InChI is InChI=1S/C15H25NO4/c1-17-10-5-8-16-9-11-19-12-13-20-15-7-4-3-6-14(15)18-2/h3-4,6-7,16H,5,8-13H2,1-2H3/p+1. The predicted octanol–water partition coefficient (Wildman–Crippen LogP) is 0.691. The van der Waals surface area contributed by atoms with Gasteiger partial charge in [-0.1, -0.05) is 12.1 Å². The van der Waals surface area contributed by atoms with Crippen molar-refractivity contribution in [2.24, 2.45) is 0 Å². The topological polar surface area (TPSA) is 53.5 Å². The van der Waals surface area contributed by atoms with Crippen molar-refractivity contribution in [2.75, 3.05) is 53.7 Å². The molecule has 0 radical (unpaired) electrons. The normalized spacial score (nSPS) is 10.5. The van der Waals surface area contributed by atoms with Gasteiger partial charge in [-0.25, -0.2) is 0 Å². The van der Waals surface area contributed by atoms with Gasteiger partial charge < -0.3 is 24.3 Å². The molecule has 0 fully saturated rings. The number of para-hydroxylation sites is 2. The SMILES string of the molecule is COCCC[NH2+]CCOCCOc1ccccc1OC. The Morgan fingerprint density at radius 2 is 1.70 bits per heavy atom. The summed E-state index contributed by atoms with van der Waals surface area (Å²) in [5, 5.41) is 2.24. The van der Waals surface area contributed by atoms with Crippen LogP contribution >= 0.6 is 0 Å². The fourth-order valence-electron chi connectivity index (χ4n) is 1.73. The quantitative estimate of drug-likeness (QED) is 0.574. The van der Waals surface area contributed by atoms with E-state index in [-0.39, 0.29) is 0 Å². The highest BCUT2D eigenvalue weighted by atomic mass is 16.5. The highest BCUT2D eigenvalue weighted by Gasteiger charge is 2.01. The lowest BCUT2D eigenvalue weighted by atomic mass is 10.3. The molecule has 0 aliphatic carbocycles. The molecule has 0 spiro atoms. The zero-order chi connectivity index (χ0) is 14.5. The van der Waals surface area contributed by atoms with E-state index in [0.29, 0.717) is 13.2 Å². The van der Waals surface area contributed by atoms with E-state index in [4.69, 9.17) is 18.9 Å². The average molecular weight is 284 g/mol. The van der Waals surface area contributed by atoms with Crippen LogP contribution < -0.4 is 14.8 Å². The second-order valence-electron chi connectivity index (χ2n) is 4.32. The zero-order valence-corrected chi connectivity index (χ0v) is 12.5. The van der Waals surface area contributed by atoms with E-state index in [1.165, 1.54) is 0 Å². The average Bonchev–Trinajstić information content (AvgIpc) is 2.49. The lowest BCUT2D eigenvalue weighted by Gasteiger charge is -2.10. The molecule has 2 N–H and O–H groups in total. The molecular formula is C15H26NO4+. The molecule has 5 nitrogen and oxygen atoms in total. The first-order valence-electron chi connectivity index (χ1n) is 7.02. The molecule has 0 atom stereocenters. The van der Waals surface area contributed by atoms with Gasteiger partial charge in [0.2, 0.25) is 0 Å². The van der Waals surface area contributed by atoms with Crippen molar-refractivity contribution < 1.29 is 24.3 Å². The van der Waals surface area contributed by atoms with Gasteiger partial charge >= 0.3 is 0 Å². The Morgan fingerprint density at radius 3 is 2.45 bits per heavy atom. The van der Waals surface area contributed by atoms with Gasteiger partial charge in [0.1, 0.15) is 6.61 Å². The smallest absolute Gasteiger partial charge is 0.161 e. The van der Waals surface area contributed by atoms with Gasteiger partial charge in [-0.15, -0.1) is 0 Å². The third kappa shape index (κ3) is 7.33. The maximum atomic E-state index is 5.61. The summed E-state index contributed by atoms with van der Waals surface area (Å²) >= 11 is 0. The molecule has 0 unspecified atom stereocenters. The van der Waals surface area contributed by atoms with Gasteiger partial charge in [0.15, 0.2) is 11.5 Å². The van der Waals surface area contributed by atoms with Crippen LogP contribution in [0.2, 0.25) is 0 Å². The van der Waals surface area contributed by atoms with E-state index in [0.717, 1.165) is 44.2 Å². The van der Waals surface area contributed by atoms with Crippen molar-refractivity contribution >= 4 is 0 Å². The van der Waals surface area contributed by atoms with E-state index in [1.807, 2.05) is 24.3 Å². The molecule has 0 amide bonds. The van der Waals surface area contributed by atoms with E-state index < -0.39 is 0 Å². The third-order valence-corrected chi connectivity index (χ3v) is 2.78. The van der Waals surface area contributed by atoms with Gasteiger partial charge in [0.05, 0.1) is 40.0 Å². The highest BCUT2D eigenvalue weighted by Crippen LogP contribution is 2.25. The summed E-state index contributed by atoms with van der Waals surface area (Å²) in [5.74, 6) is 1.50. The maximum absolute atomic E-state index is 5.61. The lowest BCUT2D eigenvalue weighted by molar-refractivity contribution is -0.656. The Kier molecular flexibility index (Phi) is 9.65. The Morgan fingerprint density at radius 1 is 0.900 bits per heavy atom. The monoisotopic (exact) mass is 284 g/mol. The second kappa shape index (κ2) is 11.5. The number of benzene rings is 1. The van der Waals surface area contributed by atoms with Crippen LogP contribution in [0.15, 0.2) is 24.3 Å². The first kappa shape index (κ1) is 16.8. The number of ether oxygens (including phenoxy) is 4. The van der Waals surface area contributed by atoms with Crippen molar-refractivity contribution in [3.63, 3.8) is 0 Å². The van der Waals surface area contributed by atoms with Crippen molar-refractivity contribution in [2.45, 2.75) is 6.42 Å². The zero-order valence-electron chi connectivity index (χ0n) is 12.5. The van der Waals surface area contributed by atoms with Crippen molar-refractivity contribution in [1.82, 2.24) is 0 Å². The molecule has 5 heteroatoms. The highest BCUT2D eigenvalue weighted by molar-refractivity contribution is 5.39. The lowest BCUT2D eigenvalue weighted by Crippen LogP contribution is -2.85. The van der Waals surface area contributed by atoms with Crippen LogP contribution in [0.5, 0.6) is 11.5 Å². The second-order valence-corrected chi connectivity index (χ2v) is 4.32. The van der Waals surface area contributed by atoms with E-state index in [9.17, 15) is 0 Å². The number of nitrogens with two attached hydrogens (primary N) is 1. The number of rotatable bonds is 12. The number of hydrogen-bond donors (Lipinski definition) is 1. The summed E-state index contributed by atoms with van der Waals surface area (Å²) < 4.78 is 21.3. The van der Waals surface area contributed by atoms with Crippen LogP contribution in [0.3, 0.4) is 0 Å². The van der Waals surface area contributed by atoms with E-state index in [2.05, 4.69) is 5.32 Å². The Hall–Kier alpha value is -1.30. The molecule has 0 aliphatic heterocycles. The van der Waals surface area contributed by atoms with Gasteiger partial charge in [0, 0.05) is 13.5 Å². The Bertz CT molecular complexity index is 346. The summed E-state index contributed by atoms with van der Waals surface area (Å²) in [5.41, 5.74) is 0. The number of methoxy groups -OCH3 is 2. The van der Waals surface area contributed by atoms with Crippen LogP contribution in [0.4, 0.5) is 0 Å². The minimum Gasteiger partial charge on any atom is -0.493 e.